The van der Waals surface area contributed by atoms with Crippen molar-refractivity contribution in [3.8, 4) is 0 Å². The SMILES string of the molecule is CC(C)(CO)CC/C=C\C[C@H]1[C@@H](CCOC2CCCCC2)[C@H]2CC[C@@H]1O2. The van der Waals surface area contributed by atoms with Crippen LogP contribution in [0.5, 0.6) is 0 Å². The molecule has 0 unspecified atom stereocenters. The van der Waals surface area contributed by atoms with Crippen LogP contribution in [0.15, 0.2) is 12.2 Å². The predicted molar refractivity (Wildman–Crippen MR) is 106 cm³/mol. The van der Waals surface area contributed by atoms with Crippen LogP contribution in [0.2, 0.25) is 0 Å². The normalized spacial score (nSPS) is 32.7. The number of ether oxygens (including phenoxy) is 2. The number of allylic oxidation sites excluding steroid dienone is 2. The minimum Gasteiger partial charge on any atom is -0.396 e. The smallest absolute Gasteiger partial charge is 0.0614 e. The quantitative estimate of drug-likeness (QED) is 0.537. The number of hydrogen-bond donors (Lipinski definition) is 1. The molecule has 3 aliphatic rings. The molecule has 1 saturated carbocycles. The van der Waals surface area contributed by atoms with Gasteiger partial charge in [-0.25, -0.2) is 0 Å². The van der Waals surface area contributed by atoms with E-state index in [0.29, 0.717) is 30.1 Å². The second-order valence-electron chi connectivity index (χ2n) is 9.61. The molecule has 0 aromatic carbocycles. The Hall–Kier alpha value is -0.380. The molecule has 26 heavy (non-hydrogen) atoms. The first kappa shape index (κ1) is 20.4. The van der Waals surface area contributed by atoms with E-state index in [4.69, 9.17) is 9.47 Å². The van der Waals surface area contributed by atoms with Crippen molar-refractivity contribution in [3.05, 3.63) is 12.2 Å². The lowest BCUT2D eigenvalue weighted by molar-refractivity contribution is 0.0135. The van der Waals surface area contributed by atoms with Gasteiger partial charge in [0.15, 0.2) is 0 Å². The first-order valence-corrected chi connectivity index (χ1v) is 11.1. The molecule has 3 nitrogen and oxygen atoms in total. The molecule has 2 aliphatic heterocycles. The molecule has 3 fully saturated rings. The topological polar surface area (TPSA) is 38.7 Å². The molecule has 3 heteroatoms. The predicted octanol–water partition coefficient (Wildman–Crippen LogP) is 5.26. The van der Waals surface area contributed by atoms with E-state index in [-0.39, 0.29) is 12.0 Å². The molecule has 1 aliphatic carbocycles. The molecule has 0 radical (unpaired) electrons. The third kappa shape index (κ3) is 5.56. The largest absolute Gasteiger partial charge is 0.396 e. The van der Waals surface area contributed by atoms with Crippen LogP contribution in [0, 0.1) is 17.3 Å². The van der Waals surface area contributed by atoms with Crippen LogP contribution >= 0.6 is 0 Å². The Morgan fingerprint density at radius 1 is 1.00 bits per heavy atom. The van der Waals surface area contributed by atoms with Gasteiger partial charge in [0.2, 0.25) is 0 Å². The van der Waals surface area contributed by atoms with Gasteiger partial charge in [-0.15, -0.1) is 0 Å². The Morgan fingerprint density at radius 2 is 1.73 bits per heavy atom. The molecule has 3 rings (SSSR count). The fraction of sp³-hybridized carbons (Fsp3) is 0.913. The van der Waals surface area contributed by atoms with E-state index in [9.17, 15) is 5.11 Å². The van der Waals surface area contributed by atoms with Crippen LogP contribution in [-0.2, 0) is 9.47 Å². The molecule has 150 valence electrons. The van der Waals surface area contributed by atoms with Gasteiger partial charge < -0.3 is 14.6 Å². The van der Waals surface area contributed by atoms with Crippen molar-refractivity contribution < 1.29 is 14.6 Å². The summed E-state index contributed by atoms with van der Waals surface area (Å²) in [7, 11) is 0. The molecule has 1 N–H and O–H groups in total. The summed E-state index contributed by atoms with van der Waals surface area (Å²) in [6, 6.07) is 0. The minimum atomic E-state index is 0.0405. The van der Waals surface area contributed by atoms with Crippen molar-refractivity contribution >= 4 is 0 Å². The first-order chi connectivity index (χ1) is 12.6. The lowest BCUT2D eigenvalue weighted by Crippen LogP contribution is -2.29. The van der Waals surface area contributed by atoms with Gasteiger partial charge in [0.05, 0.1) is 18.3 Å². The summed E-state index contributed by atoms with van der Waals surface area (Å²) in [6.07, 6.45) is 19.7. The molecule has 4 atom stereocenters. The molecule has 0 amide bonds. The molecule has 0 spiro atoms. The zero-order valence-electron chi connectivity index (χ0n) is 17.0. The highest BCUT2D eigenvalue weighted by Crippen LogP contribution is 2.46. The second-order valence-corrected chi connectivity index (χ2v) is 9.61. The van der Waals surface area contributed by atoms with Gasteiger partial charge in [0.1, 0.15) is 0 Å². The fourth-order valence-corrected chi connectivity index (χ4v) is 5.12. The summed E-state index contributed by atoms with van der Waals surface area (Å²) < 4.78 is 12.4. The third-order valence-electron chi connectivity index (χ3n) is 6.94. The van der Waals surface area contributed by atoms with Crippen molar-refractivity contribution in [1.82, 2.24) is 0 Å². The molecule has 0 aromatic heterocycles. The zero-order valence-corrected chi connectivity index (χ0v) is 17.0. The third-order valence-corrected chi connectivity index (χ3v) is 6.94. The van der Waals surface area contributed by atoms with Crippen molar-refractivity contribution in [3.63, 3.8) is 0 Å². The van der Waals surface area contributed by atoms with Crippen LogP contribution in [0.25, 0.3) is 0 Å². The Labute approximate surface area is 160 Å². The number of hydrogen-bond acceptors (Lipinski definition) is 3. The van der Waals surface area contributed by atoms with E-state index >= 15 is 0 Å². The summed E-state index contributed by atoms with van der Waals surface area (Å²) in [6.45, 7) is 5.46. The van der Waals surface area contributed by atoms with Gasteiger partial charge in [0.25, 0.3) is 0 Å². The van der Waals surface area contributed by atoms with Crippen molar-refractivity contribution in [1.29, 1.82) is 0 Å². The summed E-state index contributed by atoms with van der Waals surface area (Å²) >= 11 is 0. The van der Waals surface area contributed by atoms with Crippen LogP contribution in [0.4, 0.5) is 0 Å². The van der Waals surface area contributed by atoms with Crippen LogP contribution < -0.4 is 0 Å². The molecule has 2 saturated heterocycles. The Bertz CT molecular complexity index is 439. The van der Waals surface area contributed by atoms with Gasteiger partial charge in [-0.05, 0) is 68.6 Å². The van der Waals surface area contributed by atoms with Gasteiger partial charge in [-0.1, -0.05) is 45.3 Å². The maximum Gasteiger partial charge on any atom is 0.0614 e. The average Bonchev–Trinajstić information content (AvgIpc) is 3.24. The number of aliphatic hydroxyl groups is 1. The van der Waals surface area contributed by atoms with Crippen LogP contribution in [-0.4, -0.2) is 36.6 Å². The van der Waals surface area contributed by atoms with E-state index < -0.39 is 0 Å². The Balaban J connectivity index is 1.40. The monoisotopic (exact) mass is 364 g/mol. The highest BCUT2D eigenvalue weighted by Gasteiger charge is 2.47. The van der Waals surface area contributed by atoms with Crippen molar-refractivity contribution in [2.75, 3.05) is 13.2 Å². The zero-order chi connectivity index (χ0) is 18.4. The van der Waals surface area contributed by atoms with Gasteiger partial charge >= 0.3 is 0 Å². The summed E-state index contributed by atoms with van der Waals surface area (Å²) in [5.74, 6) is 1.38. The lowest BCUT2D eigenvalue weighted by atomic mass is 9.76. The van der Waals surface area contributed by atoms with Gasteiger partial charge in [-0.2, -0.15) is 0 Å². The fourth-order valence-electron chi connectivity index (χ4n) is 5.12. The number of fused-ring (bicyclic) bond motifs is 2. The second kappa shape index (κ2) is 9.71. The number of rotatable bonds is 10. The summed E-state index contributed by atoms with van der Waals surface area (Å²) in [5.41, 5.74) is 0.0405. The van der Waals surface area contributed by atoms with Gasteiger partial charge in [0, 0.05) is 13.2 Å². The van der Waals surface area contributed by atoms with Gasteiger partial charge in [-0.3, -0.25) is 0 Å². The minimum absolute atomic E-state index is 0.0405. The summed E-state index contributed by atoms with van der Waals surface area (Å²) in [4.78, 5) is 0. The van der Waals surface area contributed by atoms with E-state index in [2.05, 4.69) is 26.0 Å². The summed E-state index contributed by atoms with van der Waals surface area (Å²) in [5, 5.41) is 9.35. The molecular weight excluding hydrogens is 324 g/mol. The van der Waals surface area contributed by atoms with E-state index in [1.807, 2.05) is 0 Å². The first-order valence-electron chi connectivity index (χ1n) is 11.1. The van der Waals surface area contributed by atoms with E-state index in [0.717, 1.165) is 25.9 Å². The molecular formula is C23H40O3. The maximum atomic E-state index is 9.35. The number of aliphatic hydroxyl groups excluding tert-OH is 1. The van der Waals surface area contributed by atoms with Crippen molar-refractivity contribution in [2.45, 2.75) is 103 Å². The van der Waals surface area contributed by atoms with Crippen LogP contribution in [0.1, 0.15) is 84.5 Å². The average molecular weight is 365 g/mol. The maximum absolute atomic E-state index is 9.35. The highest BCUT2D eigenvalue weighted by atomic mass is 16.5. The standard InChI is InChI=1S/C23H40O3/c1-23(2,17-24)15-8-4-7-11-19-20(22-13-12-21(19)26-22)14-16-25-18-9-5-3-6-10-18/h4,7,18-22,24H,3,5-6,8-17H2,1-2H3/b7-4-/t19-,20+,21-,22+/m0/s1. The van der Waals surface area contributed by atoms with Crippen molar-refractivity contribution in [2.24, 2.45) is 17.3 Å². The Kier molecular flexibility index (Phi) is 7.60. The molecule has 2 bridgehead atoms. The Morgan fingerprint density at radius 3 is 2.46 bits per heavy atom. The molecule has 2 heterocycles. The highest BCUT2D eigenvalue weighted by molar-refractivity contribution is 4.99. The van der Waals surface area contributed by atoms with E-state index in [1.54, 1.807) is 0 Å². The molecule has 0 aromatic rings. The van der Waals surface area contributed by atoms with Crippen LogP contribution in [0.3, 0.4) is 0 Å². The van der Waals surface area contributed by atoms with E-state index in [1.165, 1.54) is 51.4 Å². The lowest BCUT2D eigenvalue weighted by Gasteiger charge is -2.28.